The van der Waals surface area contributed by atoms with Gasteiger partial charge in [-0.2, -0.15) is 0 Å². The van der Waals surface area contributed by atoms with Crippen molar-refractivity contribution in [1.29, 1.82) is 0 Å². The van der Waals surface area contributed by atoms with Gasteiger partial charge in [0.1, 0.15) is 0 Å². The first kappa shape index (κ1) is 13.3. The summed E-state index contributed by atoms with van der Waals surface area (Å²) < 4.78 is 5.31. The second kappa shape index (κ2) is 6.70. The molecule has 1 aliphatic heterocycles. The van der Waals surface area contributed by atoms with Crippen LogP contribution in [-0.4, -0.2) is 41.3 Å². The van der Waals surface area contributed by atoms with Crippen LogP contribution in [0.1, 0.15) is 32.1 Å². The Labute approximate surface area is 108 Å². The van der Waals surface area contributed by atoms with Gasteiger partial charge in [0.25, 0.3) is 0 Å². The van der Waals surface area contributed by atoms with Crippen LogP contribution in [0.25, 0.3) is 0 Å². The number of nitrogens with two attached hydrogens (primary N) is 1. The van der Waals surface area contributed by atoms with Gasteiger partial charge in [-0.05, 0) is 44.8 Å². The summed E-state index contributed by atoms with van der Waals surface area (Å²) in [6.45, 7) is 7.08. The number of likely N-dealkylation sites (tertiary alicyclic amines) is 1. The van der Waals surface area contributed by atoms with Crippen molar-refractivity contribution in [3.8, 4) is 0 Å². The summed E-state index contributed by atoms with van der Waals surface area (Å²) in [4.78, 5) is 2.54. The predicted molar refractivity (Wildman–Crippen MR) is 70.1 cm³/mol. The van der Waals surface area contributed by atoms with Crippen LogP contribution in [0.15, 0.2) is 4.42 Å². The zero-order chi connectivity index (χ0) is 12.8. The number of aromatic nitrogens is 2. The first-order chi connectivity index (χ1) is 8.81. The minimum Gasteiger partial charge on any atom is -0.407 e. The van der Waals surface area contributed by atoms with Gasteiger partial charge in [-0.3, -0.25) is 0 Å². The maximum Gasteiger partial charge on any atom is 0.315 e. The number of nitrogens with zero attached hydrogens (tertiary/aromatic N) is 3. The molecule has 0 unspecified atom stereocenters. The fourth-order valence-corrected chi connectivity index (χ4v) is 2.37. The molecule has 0 bridgehead atoms. The molecule has 0 atom stereocenters. The van der Waals surface area contributed by atoms with E-state index in [9.17, 15) is 0 Å². The van der Waals surface area contributed by atoms with Crippen molar-refractivity contribution in [3.05, 3.63) is 5.89 Å². The minimum absolute atomic E-state index is 0.296. The molecule has 6 heteroatoms. The van der Waals surface area contributed by atoms with Gasteiger partial charge in [-0.25, -0.2) is 0 Å². The average Bonchev–Trinajstić information content (AvgIpc) is 2.86. The lowest BCUT2D eigenvalue weighted by molar-refractivity contribution is 0.189. The lowest BCUT2D eigenvalue weighted by Crippen LogP contribution is -2.36. The number of anilines is 1. The van der Waals surface area contributed by atoms with Crippen LogP contribution in [0.5, 0.6) is 0 Å². The summed E-state index contributed by atoms with van der Waals surface area (Å²) in [5, 5.41) is 10.9. The van der Waals surface area contributed by atoms with E-state index in [0.717, 1.165) is 6.54 Å². The molecule has 0 aliphatic carbocycles. The van der Waals surface area contributed by atoms with E-state index in [2.05, 4.69) is 27.3 Å². The van der Waals surface area contributed by atoms with E-state index in [1.54, 1.807) is 0 Å². The molecule has 0 radical (unpaired) electrons. The molecule has 18 heavy (non-hydrogen) atoms. The average molecular weight is 253 g/mol. The third kappa shape index (κ3) is 3.68. The SMILES string of the molecule is CCCN1CCC(CNc2nnc(CN)o2)CC1. The molecule has 0 saturated carbocycles. The maximum atomic E-state index is 5.42. The first-order valence-electron chi connectivity index (χ1n) is 6.80. The van der Waals surface area contributed by atoms with Gasteiger partial charge >= 0.3 is 6.01 Å². The van der Waals surface area contributed by atoms with Crippen LogP contribution in [0.4, 0.5) is 6.01 Å². The third-order valence-electron chi connectivity index (χ3n) is 3.43. The second-order valence-electron chi connectivity index (χ2n) is 4.87. The van der Waals surface area contributed by atoms with Crippen molar-refractivity contribution in [3.63, 3.8) is 0 Å². The predicted octanol–water partition coefficient (Wildman–Crippen LogP) is 1.06. The van der Waals surface area contributed by atoms with Crippen LogP contribution in [-0.2, 0) is 6.54 Å². The molecular formula is C12H23N5O. The van der Waals surface area contributed by atoms with Crippen molar-refractivity contribution in [1.82, 2.24) is 15.1 Å². The van der Waals surface area contributed by atoms with E-state index >= 15 is 0 Å². The Hall–Kier alpha value is -1.14. The molecule has 6 nitrogen and oxygen atoms in total. The van der Waals surface area contributed by atoms with E-state index in [1.165, 1.54) is 38.9 Å². The van der Waals surface area contributed by atoms with Gasteiger partial charge in [-0.1, -0.05) is 12.0 Å². The van der Waals surface area contributed by atoms with Crippen molar-refractivity contribution < 1.29 is 4.42 Å². The summed E-state index contributed by atoms with van der Waals surface area (Å²) in [5.74, 6) is 1.18. The molecule has 0 amide bonds. The summed E-state index contributed by atoms with van der Waals surface area (Å²) >= 11 is 0. The Morgan fingerprint density at radius 2 is 2.17 bits per heavy atom. The molecule has 2 heterocycles. The minimum atomic E-state index is 0.296. The lowest BCUT2D eigenvalue weighted by atomic mass is 9.97. The normalized spacial score (nSPS) is 18.1. The van der Waals surface area contributed by atoms with Crippen LogP contribution in [0.2, 0.25) is 0 Å². The van der Waals surface area contributed by atoms with E-state index < -0.39 is 0 Å². The Bertz CT molecular complexity index is 346. The highest BCUT2D eigenvalue weighted by atomic mass is 16.4. The zero-order valence-corrected chi connectivity index (χ0v) is 11.1. The van der Waals surface area contributed by atoms with Crippen molar-refractivity contribution in [2.75, 3.05) is 31.5 Å². The maximum absolute atomic E-state index is 5.42. The highest BCUT2D eigenvalue weighted by Gasteiger charge is 2.18. The molecule has 1 saturated heterocycles. The van der Waals surface area contributed by atoms with Gasteiger partial charge < -0.3 is 20.4 Å². The fourth-order valence-electron chi connectivity index (χ4n) is 2.37. The van der Waals surface area contributed by atoms with Crippen molar-refractivity contribution in [2.24, 2.45) is 11.7 Å². The molecular weight excluding hydrogens is 230 g/mol. The first-order valence-corrected chi connectivity index (χ1v) is 6.80. The number of hydrogen-bond acceptors (Lipinski definition) is 6. The molecule has 1 fully saturated rings. The summed E-state index contributed by atoms with van der Waals surface area (Å²) in [6, 6.07) is 0.492. The van der Waals surface area contributed by atoms with Crippen LogP contribution < -0.4 is 11.1 Å². The monoisotopic (exact) mass is 253 g/mol. The highest BCUT2D eigenvalue weighted by Crippen LogP contribution is 2.18. The van der Waals surface area contributed by atoms with Crippen LogP contribution >= 0.6 is 0 Å². The van der Waals surface area contributed by atoms with Gasteiger partial charge in [0.05, 0.1) is 6.54 Å². The van der Waals surface area contributed by atoms with Crippen LogP contribution in [0.3, 0.4) is 0 Å². The highest BCUT2D eigenvalue weighted by molar-refractivity contribution is 5.16. The molecule has 0 aromatic carbocycles. The molecule has 1 aliphatic rings. The molecule has 1 aromatic rings. The van der Waals surface area contributed by atoms with Gasteiger partial charge in [-0.15, -0.1) is 5.10 Å². The smallest absolute Gasteiger partial charge is 0.315 e. The van der Waals surface area contributed by atoms with Gasteiger partial charge in [0.2, 0.25) is 5.89 Å². The largest absolute Gasteiger partial charge is 0.407 e. The molecule has 2 rings (SSSR count). The lowest BCUT2D eigenvalue weighted by Gasteiger charge is -2.31. The van der Waals surface area contributed by atoms with Gasteiger partial charge in [0, 0.05) is 6.54 Å². The molecule has 102 valence electrons. The van der Waals surface area contributed by atoms with E-state index in [4.69, 9.17) is 10.2 Å². The number of hydrogen-bond donors (Lipinski definition) is 2. The summed E-state index contributed by atoms with van der Waals surface area (Å²) in [7, 11) is 0. The fraction of sp³-hybridized carbons (Fsp3) is 0.833. The van der Waals surface area contributed by atoms with Crippen LogP contribution in [0, 0.1) is 5.92 Å². The van der Waals surface area contributed by atoms with Gasteiger partial charge in [0.15, 0.2) is 0 Å². The van der Waals surface area contributed by atoms with Crippen molar-refractivity contribution >= 4 is 6.01 Å². The van der Waals surface area contributed by atoms with E-state index in [0.29, 0.717) is 24.4 Å². The number of nitrogens with one attached hydrogen (secondary N) is 1. The third-order valence-corrected chi connectivity index (χ3v) is 3.43. The van der Waals surface area contributed by atoms with E-state index in [-0.39, 0.29) is 0 Å². The number of rotatable bonds is 6. The topological polar surface area (TPSA) is 80.2 Å². The Kier molecular flexibility index (Phi) is 4.95. The Morgan fingerprint density at radius 1 is 1.39 bits per heavy atom. The molecule has 3 N–H and O–H groups in total. The number of piperidine rings is 1. The zero-order valence-electron chi connectivity index (χ0n) is 11.1. The quantitative estimate of drug-likeness (QED) is 0.789. The Morgan fingerprint density at radius 3 is 2.78 bits per heavy atom. The van der Waals surface area contributed by atoms with Crippen molar-refractivity contribution in [2.45, 2.75) is 32.7 Å². The summed E-state index contributed by atoms with van der Waals surface area (Å²) in [6.07, 6.45) is 3.72. The standard InChI is InChI=1S/C12H23N5O/c1-2-5-17-6-3-10(4-7-17)9-14-12-16-15-11(8-13)18-12/h10H,2-9,13H2,1H3,(H,14,16). The summed E-state index contributed by atoms with van der Waals surface area (Å²) in [5.41, 5.74) is 5.42. The molecule has 0 spiro atoms. The molecule has 1 aromatic heterocycles. The Balaban J connectivity index is 1.68. The second-order valence-corrected chi connectivity index (χ2v) is 4.87. The van der Waals surface area contributed by atoms with E-state index in [1.807, 2.05) is 0 Å².